The number of rotatable bonds is 1. The zero-order valence-corrected chi connectivity index (χ0v) is 7.80. The van der Waals surface area contributed by atoms with Crippen molar-refractivity contribution < 1.29 is 24.5 Å². The van der Waals surface area contributed by atoms with Gasteiger partial charge < -0.3 is 19.7 Å². The molecule has 0 unspecified atom stereocenters. The lowest BCUT2D eigenvalue weighted by Gasteiger charge is -2.02. The smallest absolute Gasteiger partial charge is 0.375 e. The molecule has 0 bridgehead atoms. The SMILES string of the molecule is O=C(O)c1oc2cccc(O)c2c(=O)c1O. The number of benzene rings is 1. The van der Waals surface area contributed by atoms with Gasteiger partial charge in [0.05, 0.1) is 0 Å². The van der Waals surface area contributed by atoms with E-state index in [1.807, 2.05) is 0 Å². The Hall–Kier alpha value is -2.50. The van der Waals surface area contributed by atoms with Gasteiger partial charge in [0.25, 0.3) is 5.76 Å². The summed E-state index contributed by atoms with van der Waals surface area (Å²) >= 11 is 0. The Morgan fingerprint density at radius 3 is 2.56 bits per heavy atom. The monoisotopic (exact) mass is 222 g/mol. The number of phenols is 1. The van der Waals surface area contributed by atoms with Gasteiger partial charge in [-0.3, -0.25) is 4.79 Å². The Kier molecular flexibility index (Phi) is 2.05. The lowest BCUT2D eigenvalue weighted by atomic mass is 10.2. The maximum atomic E-state index is 11.5. The van der Waals surface area contributed by atoms with Crippen LogP contribution in [-0.4, -0.2) is 21.3 Å². The van der Waals surface area contributed by atoms with Crippen LogP contribution < -0.4 is 5.43 Å². The number of phenolic OH excluding ortho intramolecular Hbond substituents is 1. The summed E-state index contributed by atoms with van der Waals surface area (Å²) in [4.78, 5) is 22.2. The van der Waals surface area contributed by atoms with E-state index in [0.29, 0.717) is 0 Å². The van der Waals surface area contributed by atoms with E-state index in [1.165, 1.54) is 18.2 Å². The van der Waals surface area contributed by atoms with Gasteiger partial charge in [-0.2, -0.15) is 0 Å². The van der Waals surface area contributed by atoms with Gasteiger partial charge >= 0.3 is 5.97 Å². The molecule has 0 amide bonds. The van der Waals surface area contributed by atoms with Crippen LogP contribution in [0.5, 0.6) is 11.5 Å². The molecule has 1 aromatic carbocycles. The number of carboxylic acids is 1. The molecule has 0 aliphatic heterocycles. The Labute approximate surface area is 88.0 Å². The van der Waals surface area contributed by atoms with Gasteiger partial charge in [-0.05, 0) is 12.1 Å². The summed E-state index contributed by atoms with van der Waals surface area (Å²) in [5.74, 6) is -3.80. The summed E-state index contributed by atoms with van der Waals surface area (Å²) in [6, 6.07) is 3.95. The molecule has 2 aromatic rings. The Morgan fingerprint density at radius 1 is 1.25 bits per heavy atom. The first-order valence-corrected chi connectivity index (χ1v) is 4.23. The first kappa shape index (κ1) is 10.0. The zero-order chi connectivity index (χ0) is 11.9. The molecule has 1 heterocycles. The molecule has 0 aliphatic carbocycles. The van der Waals surface area contributed by atoms with E-state index < -0.39 is 22.9 Å². The molecule has 6 heteroatoms. The summed E-state index contributed by atoms with van der Waals surface area (Å²) in [7, 11) is 0. The Balaban J connectivity index is 3.00. The van der Waals surface area contributed by atoms with Crippen LogP contribution in [0.4, 0.5) is 0 Å². The van der Waals surface area contributed by atoms with Crippen molar-refractivity contribution in [3.05, 3.63) is 34.2 Å². The van der Waals surface area contributed by atoms with Crippen LogP contribution >= 0.6 is 0 Å². The molecule has 2 rings (SSSR count). The summed E-state index contributed by atoms with van der Waals surface area (Å²) in [5, 5.41) is 27.1. The minimum atomic E-state index is -1.56. The fourth-order valence-electron chi connectivity index (χ4n) is 1.36. The van der Waals surface area contributed by atoms with Crippen LogP contribution in [0.2, 0.25) is 0 Å². The molecule has 0 radical (unpaired) electrons. The van der Waals surface area contributed by atoms with Crippen molar-refractivity contribution in [2.75, 3.05) is 0 Å². The summed E-state index contributed by atoms with van der Waals surface area (Å²) in [6.45, 7) is 0. The maximum Gasteiger partial charge on any atom is 0.375 e. The normalized spacial score (nSPS) is 10.5. The molecular formula is C10H6O6. The Bertz CT molecular complexity index is 640. The number of hydrogen-bond donors (Lipinski definition) is 3. The van der Waals surface area contributed by atoms with Crippen LogP contribution in [-0.2, 0) is 0 Å². The third-order valence-electron chi connectivity index (χ3n) is 2.07. The lowest BCUT2D eigenvalue weighted by Crippen LogP contribution is -2.08. The fourth-order valence-corrected chi connectivity index (χ4v) is 1.36. The van der Waals surface area contributed by atoms with Crippen molar-refractivity contribution in [2.24, 2.45) is 0 Å². The second-order valence-electron chi connectivity index (χ2n) is 3.06. The van der Waals surface area contributed by atoms with Crippen molar-refractivity contribution in [1.82, 2.24) is 0 Å². The van der Waals surface area contributed by atoms with E-state index >= 15 is 0 Å². The molecule has 3 N–H and O–H groups in total. The van der Waals surface area contributed by atoms with Crippen LogP contribution in [0.25, 0.3) is 11.0 Å². The number of fused-ring (bicyclic) bond motifs is 1. The molecule has 1 aromatic heterocycles. The van der Waals surface area contributed by atoms with Gasteiger partial charge in [-0.15, -0.1) is 0 Å². The van der Waals surface area contributed by atoms with E-state index in [1.54, 1.807) is 0 Å². The van der Waals surface area contributed by atoms with Gasteiger partial charge in [0.2, 0.25) is 11.2 Å². The molecule has 0 atom stereocenters. The summed E-state index contributed by atoms with van der Waals surface area (Å²) in [5.41, 5.74) is -1.07. The Morgan fingerprint density at radius 2 is 1.94 bits per heavy atom. The molecule has 82 valence electrons. The van der Waals surface area contributed by atoms with Gasteiger partial charge in [0.1, 0.15) is 16.7 Å². The van der Waals surface area contributed by atoms with Crippen molar-refractivity contribution in [1.29, 1.82) is 0 Å². The molecule has 16 heavy (non-hydrogen) atoms. The predicted octanol–water partition coefficient (Wildman–Crippen LogP) is 0.902. The van der Waals surface area contributed by atoms with Crippen molar-refractivity contribution in [2.45, 2.75) is 0 Å². The zero-order valence-electron chi connectivity index (χ0n) is 7.80. The van der Waals surface area contributed by atoms with Crippen molar-refractivity contribution in [3.63, 3.8) is 0 Å². The first-order valence-electron chi connectivity index (χ1n) is 4.23. The predicted molar refractivity (Wildman–Crippen MR) is 52.8 cm³/mol. The average molecular weight is 222 g/mol. The highest BCUT2D eigenvalue weighted by atomic mass is 16.4. The first-order chi connectivity index (χ1) is 7.52. The lowest BCUT2D eigenvalue weighted by molar-refractivity contribution is 0.0657. The van der Waals surface area contributed by atoms with Crippen molar-refractivity contribution in [3.8, 4) is 11.5 Å². The number of carbonyl (C=O) groups is 1. The molecule has 0 saturated carbocycles. The van der Waals surface area contributed by atoms with Gasteiger partial charge in [0, 0.05) is 0 Å². The second-order valence-corrected chi connectivity index (χ2v) is 3.06. The van der Waals surface area contributed by atoms with Crippen molar-refractivity contribution >= 4 is 16.9 Å². The standard InChI is InChI=1S/C10H6O6/c11-4-2-1-3-5-6(4)7(12)8(13)9(16-5)10(14)15/h1-3,11,13H,(H,14,15). The van der Waals surface area contributed by atoms with E-state index in [0.717, 1.165) is 0 Å². The topological polar surface area (TPSA) is 108 Å². The van der Waals surface area contributed by atoms with Crippen LogP contribution in [0.3, 0.4) is 0 Å². The third-order valence-corrected chi connectivity index (χ3v) is 2.07. The highest BCUT2D eigenvalue weighted by molar-refractivity contribution is 5.92. The van der Waals surface area contributed by atoms with E-state index in [2.05, 4.69) is 0 Å². The van der Waals surface area contributed by atoms with Crippen LogP contribution in [0, 0.1) is 0 Å². The third kappa shape index (κ3) is 1.28. The average Bonchev–Trinajstić information content (AvgIpc) is 2.22. The second kappa shape index (κ2) is 3.27. The van der Waals surface area contributed by atoms with Crippen LogP contribution in [0.15, 0.2) is 27.4 Å². The molecular weight excluding hydrogens is 216 g/mol. The molecule has 0 saturated heterocycles. The van der Waals surface area contributed by atoms with Crippen LogP contribution in [0.1, 0.15) is 10.6 Å². The maximum absolute atomic E-state index is 11.5. The number of aromatic hydroxyl groups is 2. The number of aromatic carboxylic acids is 1. The number of carboxylic acid groups (broad SMARTS) is 1. The molecule has 6 nitrogen and oxygen atoms in total. The largest absolute Gasteiger partial charge is 0.507 e. The van der Waals surface area contributed by atoms with Gasteiger partial charge in [-0.1, -0.05) is 6.07 Å². The summed E-state index contributed by atoms with van der Waals surface area (Å²) in [6.07, 6.45) is 0. The summed E-state index contributed by atoms with van der Waals surface area (Å²) < 4.78 is 4.81. The van der Waals surface area contributed by atoms with Gasteiger partial charge in [0.15, 0.2) is 0 Å². The van der Waals surface area contributed by atoms with Gasteiger partial charge in [-0.25, -0.2) is 4.79 Å². The minimum Gasteiger partial charge on any atom is -0.507 e. The van der Waals surface area contributed by atoms with E-state index in [9.17, 15) is 19.8 Å². The number of hydrogen-bond acceptors (Lipinski definition) is 5. The van der Waals surface area contributed by atoms with E-state index in [4.69, 9.17) is 9.52 Å². The highest BCUT2D eigenvalue weighted by Gasteiger charge is 2.20. The minimum absolute atomic E-state index is 0.0970. The van der Waals surface area contributed by atoms with E-state index in [-0.39, 0.29) is 16.7 Å². The molecule has 0 spiro atoms. The molecule has 0 aliphatic rings. The highest BCUT2D eigenvalue weighted by Crippen LogP contribution is 2.25. The quantitative estimate of drug-likeness (QED) is 0.661. The fraction of sp³-hybridized carbons (Fsp3) is 0. The molecule has 0 fully saturated rings.